The van der Waals surface area contributed by atoms with Crippen molar-refractivity contribution in [2.75, 3.05) is 7.11 Å². The number of carboxylic acids is 1. The molecule has 4 heteroatoms. The molecule has 1 aromatic carbocycles. The van der Waals surface area contributed by atoms with E-state index < -0.39 is 5.97 Å². The lowest BCUT2D eigenvalue weighted by atomic mass is 9.93. The van der Waals surface area contributed by atoms with Gasteiger partial charge in [-0.2, -0.15) is 0 Å². The third-order valence-electron chi connectivity index (χ3n) is 2.51. The van der Waals surface area contributed by atoms with Crippen LogP contribution in [0.25, 0.3) is 0 Å². The number of aliphatic carboxylic acids is 1. The molecule has 1 atom stereocenters. The third kappa shape index (κ3) is 5.15. The molecule has 0 heterocycles. The van der Waals surface area contributed by atoms with Crippen LogP contribution in [0.1, 0.15) is 18.4 Å². The van der Waals surface area contributed by atoms with Crippen LogP contribution in [0, 0.1) is 5.92 Å². The van der Waals surface area contributed by atoms with Gasteiger partial charge in [0.25, 0.3) is 0 Å². The normalized spacial score (nSPS) is 11.8. The highest BCUT2D eigenvalue weighted by Gasteiger charge is 2.18. The topological polar surface area (TPSA) is 63.6 Å². The summed E-state index contributed by atoms with van der Waals surface area (Å²) < 4.78 is 4.57. The van der Waals surface area contributed by atoms with E-state index in [4.69, 9.17) is 5.11 Å². The van der Waals surface area contributed by atoms with Crippen LogP contribution in [-0.2, 0) is 20.7 Å². The SMILES string of the molecule is COC(=O)C[C@@H](CC(=O)O)Cc1ccccc1. The van der Waals surface area contributed by atoms with E-state index >= 15 is 0 Å². The van der Waals surface area contributed by atoms with Crippen molar-refractivity contribution in [2.24, 2.45) is 5.92 Å². The van der Waals surface area contributed by atoms with Gasteiger partial charge in [-0.25, -0.2) is 0 Å². The molecular weight excluding hydrogens is 220 g/mol. The van der Waals surface area contributed by atoms with E-state index in [1.54, 1.807) is 0 Å². The Morgan fingerprint density at radius 3 is 2.41 bits per heavy atom. The number of hydrogen-bond donors (Lipinski definition) is 1. The number of methoxy groups -OCH3 is 1. The lowest BCUT2D eigenvalue weighted by Crippen LogP contribution is -2.16. The van der Waals surface area contributed by atoms with E-state index in [9.17, 15) is 9.59 Å². The zero-order valence-corrected chi connectivity index (χ0v) is 9.76. The first-order chi connectivity index (χ1) is 8.11. The molecule has 0 saturated heterocycles. The number of hydrogen-bond acceptors (Lipinski definition) is 3. The van der Waals surface area contributed by atoms with E-state index in [0.29, 0.717) is 6.42 Å². The van der Waals surface area contributed by atoms with Crippen LogP contribution in [0.5, 0.6) is 0 Å². The molecule has 1 N–H and O–H groups in total. The fraction of sp³-hybridized carbons (Fsp3) is 0.385. The molecule has 0 aliphatic heterocycles. The number of benzene rings is 1. The maximum Gasteiger partial charge on any atom is 0.305 e. The first-order valence-corrected chi connectivity index (χ1v) is 5.44. The maximum atomic E-state index is 11.2. The molecule has 0 fully saturated rings. The average Bonchev–Trinajstić information content (AvgIpc) is 2.29. The summed E-state index contributed by atoms with van der Waals surface area (Å²) in [5.74, 6) is -1.48. The highest BCUT2D eigenvalue weighted by atomic mass is 16.5. The van der Waals surface area contributed by atoms with Crippen molar-refractivity contribution in [3.63, 3.8) is 0 Å². The number of esters is 1. The molecule has 1 aromatic rings. The zero-order chi connectivity index (χ0) is 12.7. The molecule has 4 nitrogen and oxygen atoms in total. The molecule has 0 radical (unpaired) electrons. The number of carbonyl (C=O) groups excluding carboxylic acids is 1. The molecule has 0 unspecified atom stereocenters. The summed E-state index contributed by atoms with van der Waals surface area (Å²) >= 11 is 0. The molecule has 92 valence electrons. The Morgan fingerprint density at radius 2 is 1.88 bits per heavy atom. The van der Waals surface area contributed by atoms with E-state index in [1.165, 1.54) is 7.11 Å². The molecule has 0 bridgehead atoms. The minimum atomic E-state index is -0.894. The van der Waals surface area contributed by atoms with Gasteiger partial charge in [0, 0.05) is 12.8 Å². The lowest BCUT2D eigenvalue weighted by molar-refractivity contribution is -0.143. The van der Waals surface area contributed by atoms with Gasteiger partial charge in [0.15, 0.2) is 0 Å². The molecule has 0 aliphatic rings. The van der Waals surface area contributed by atoms with Gasteiger partial charge < -0.3 is 9.84 Å². The van der Waals surface area contributed by atoms with Crippen LogP contribution in [0.2, 0.25) is 0 Å². The van der Waals surface area contributed by atoms with Gasteiger partial charge in [-0.1, -0.05) is 30.3 Å². The smallest absolute Gasteiger partial charge is 0.305 e. The monoisotopic (exact) mass is 236 g/mol. The summed E-state index contributed by atoms with van der Waals surface area (Å²) in [6.07, 6.45) is 0.684. The fourth-order valence-electron chi connectivity index (χ4n) is 1.73. The van der Waals surface area contributed by atoms with Crippen molar-refractivity contribution in [3.05, 3.63) is 35.9 Å². The second-order valence-corrected chi connectivity index (χ2v) is 3.93. The Morgan fingerprint density at radius 1 is 1.24 bits per heavy atom. The molecule has 0 amide bonds. The average molecular weight is 236 g/mol. The van der Waals surface area contributed by atoms with Crippen molar-refractivity contribution < 1.29 is 19.4 Å². The Labute approximate surface area is 100 Å². The summed E-state index contributed by atoms with van der Waals surface area (Å²) in [5.41, 5.74) is 1.03. The second-order valence-electron chi connectivity index (χ2n) is 3.93. The van der Waals surface area contributed by atoms with Gasteiger partial charge in [-0.05, 0) is 17.9 Å². The molecule has 0 aliphatic carbocycles. The Kier molecular flexibility index (Phi) is 5.20. The molecular formula is C13H16O4. The van der Waals surface area contributed by atoms with Gasteiger partial charge in [0.05, 0.1) is 7.11 Å². The number of ether oxygens (including phenoxy) is 1. The lowest BCUT2D eigenvalue weighted by Gasteiger charge is -2.13. The molecule has 1 rings (SSSR count). The van der Waals surface area contributed by atoms with Crippen molar-refractivity contribution in [1.29, 1.82) is 0 Å². The third-order valence-corrected chi connectivity index (χ3v) is 2.51. The van der Waals surface area contributed by atoms with Crippen molar-refractivity contribution >= 4 is 11.9 Å². The van der Waals surface area contributed by atoms with E-state index in [0.717, 1.165) is 5.56 Å². The predicted octanol–water partition coefficient (Wildman–Crippen LogP) is 1.88. The van der Waals surface area contributed by atoms with Gasteiger partial charge in [-0.15, -0.1) is 0 Å². The summed E-state index contributed by atoms with van der Waals surface area (Å²) in [7, 11) is 1.31. The van der Waals surface area contributed by atoms with E-state index in [2.05, 4.69) is 4.74 Å². The van der Waals surface area contributed by atoms with Crippen molar-refractivity contribution in [2.45, 2.75) is 19.3 Å². The Bertz CT molecular complexity index is 372. The Balaban J connectivity index is 2.63. The highest BCUT2D eigenvalue weighted by Crippen LogP contribution is 2.16. The van der Waals surface area contributed by atoms with Crippen LogP contribution in [-0.4, -0.2) is 24.2 Å². The molecule has 0 aromatic heterocycles. The number of rotatable bonds is 6. The summed E-state index contributed by atoms with van der Waals surface area (Å²) in [5, 5.41) is 8.80. The van der Waals surface area contributed by atoms with Crippen LogP contribution in [0.3, 0.4) is 0 Å². The largest absolute Gasteiger partial charge is 0.481 e. The van der Waals surface area contributed by atoms with Crippen molar-refractivity contribution in [3.8, 4) is 0 Å². The zero-order valence-electron chi connectivity index (χ0n) is 9.76. The molecule has 17 heavy (non-hydrogen) atoms. The van der Waals surface area contributed by atoms with Gasteiger partial charge in [0.1, 0.15) is 0 Å². The van der Waals surface area contributed by atoms with E-state index in [1.807, 2.05) is 30.3 Å². The minimum Gasteiger partial charge on any atom is -0.481 e. The van der Waals surface area contributed by atoms with Crippen LogP contribution in [0.4, 0.5) is 0 Å². The van der Waals surface area contributed by atoms with E-state index in [-0.39, 0.29) is 24.7 Å². The summed E-state index contributed by atoms with van der Waals surface area (Å²) in [6.45, 7) is 0. The predicted molar refractivity (Wildman–Crippen MR) is 62.5 cm³/mol. The molecule has 0 saturated carbocycles. The van der Waals surface area contributed by atoms with Gasteiger partial charge in [0.2, 0.25) is 0 Å². The quantitative estimate of drug-likeness (QED) is 0.766. The standard InChI is InChI=1S/C13H16O4/c1-17-13(16)9-11(8-12(14)15)7-10-5-3-2-4-6-10/h2-6,11H,7-9H2,1H3,(H,14,15)/t11-/m1/s1. The fourth-order valence-corrected chi connectivity index (χ4v) is 1.73. The number of carbonyl (C=O) groups is 2. The Hall–Kier alpha value is -1.84. The summed E-state index contributed by atoms with van der Waals surface area (Å²) in [4.78, 5) is 21.9. The second kappa shape index (κ2) is 6.68. The van der Waals surface area contributed by atoms with Crippen LogP contribution >= 0.6 is 0 Å². The van der Waals surface area contributed by atoms with Gasteiger partial charge in [-0.3, -0.25) is 9.59 Å². The van der Waals surface area contributed by atoms with Crippen LogP contribution < -0.4 is 0 Å². The molecule has 0 spiro atoms. The summed E-state index contributed by atoms with van der Waals surface area (Å²) in [6, 6.07) is 9.53. The highest BCUT2D eigenvalue weighted by molar-refractivity contribution is 5.72. The minimum absolute atomic E-state index is 0.0238. The van der Waals surface area contributed by atoms with Crippen LogP contribution in [0.15, 0.2) is 30.3 Å². The van der Waals surface area contributed by atoms with Crippen molar-refractivity contribution in [1.82, 2.24) is 0 Å². The number of carboxylic acid groups (broad SMARTS) is 1. The first kappa shape index (κ1) is 13.2. The first-order valence-electron chi connectivity index (χ1n) is 5.44. The maximum absolute atomic E-state index is 11.2. The van der Waals surface area contributed by atoms with Gasteiger partial charge >= 0.3 is 11.9 Å².